The summed E-state index contributed by atoms with van der Waals surface area (Å²) < 4.78 is 15.3. The molecule has 148 valence electrons. The maximum Gasteiger partial charge on any atom is 0.229 e. The van der Waals surface area contributed by atoms with Gasteiger partial charge in [0.05, 0.1) is 6.61 Å². The van der Waals surface area contributed by atoms with E-state index >= 15 is 0 Å². The summed E-state index contributed by atoms with van der Waals surface area (Å²) in [6, 6.07) is -1.33. The molecule has 0 aliphatic carbocycles. The first-order chi connectivity index (χ1) is 12.1. The Hall–Kier alpha value is -1.80. The van der Waals surface area contributed by atoms with Gasteiger partial charge in [0, 0.05) is 6.92 Å². The molecule has 1 unspecified atom stereocenters. The Morgan fingerprint density at radius 2 is 1.92 bits per heavy atom. The van der Waals surface area contributed by atoms with Gasteiger partial charge in [-0.15, -0.1) is 0 Å². The third-order valence-electron chi connectivity index (χ3n) is 3.93. The summed E-state index contributed by atoms with van der Waals surface area (Å²) in [4.78, 5) is 22.1. The van der Waals surface area contributed by atoms with Crippen molar-refractivity contribution in [2.75, 3.05) is 6.61 Å². The zero-order valence-corrected chi connectivity index (χ0v) is 13.6. The highest BCUT2D eigenvalue weighted by Crippen LogP contribution is 2.27. The minimum Gasteiger partial charge on any atom is -0.542 e. The average molecular weight is 378 g/mol. The van der Waals surface area contributed by atoms with Crippen LogP contribution < -0.4 is 10.4 Å². The lowest BCUT2D eigenvalue weighted by molar-refractivity contribution is -0.322. The molecule has 0 saturated carbocycles. The molecular weight excluding hydrogens is 358 g/mol. The normalized spacial score (nSPS) is 40.3. The molecule has 26 heavy (non-hydrogen) atoms. The van der Waals surface area contributed by atoms with E-state index in [0.717, 1.165) is 6.92 Å². The van der Waals surface area contributed by atoms with Crippen LogP contribution in [-0.4, -0.2) is 93.2 Å². The molecule has 0 spiro atoms. The summed E-state index contributed by atoms with van der Waals surface area (Å²) in [5.41, 5.74) is 0. The SMILES string of the molecule is CC(=O)N[C@H]1C(O)O[C@H](CO)[C@@H](O[C@@H]2OC(C(=O)[O-])=C[C@H](O)[C@H]2O)[C@@H]1O. The van der Waals surface area contributed by atoms with E-state index in [1.165, 1.54) is 0 Å². The number of rotatable bonds is 5. The van der Waals surface area contributed by atoms with E-state index in [2.05, 4.69) is 5.32 Å². The van der Waals surface area contributed by atoms with E-state index in [9.17, 15) is 40.2 Å². The van der Waals surface area contributed by atoms with Crippen LogP contribution >= 0.6 is 0 Å². The van der Waals surface area contributed by atoms with Crippen LogP contribution in [0.2, 0.25) is 0 Å². The first kappa shape index (κ1) is 20.5. The van der Waals surface area contributed by atoms with Gasteiger partial charge in [0.25, 0.3) is 0 Å². The Labute approximate surface area is 147 Å². The number of hydrogen-bond acceptors (Lipinski definition) is 11. The van der Waals surface area contributed by atoms with Gasteiger partial charge >= 0.3 is 0 Å². The lowest BCUT2D eigenvalue weighted by atomic mass is 9.96. The Bertz CT molecular complexity index is 567. The van der Waals surface area contributed by atoms with Crippen LogP contribution in [0.15, 0.2) is 11.8 Å². The third-order valence-corrected chi connectivity index (χ3v) is 3.93. The highest BCUT2D eigenvalue weighted by Gasteiger charge is 2.48. The van der Waals surface area contributed by atoms with E-state index in [1.54, 1.807) is 0 Å². The third kappa shape index (κ3) is 4.29. The zero-order valence-electron chi connectivity index (χ0n) is 13.6. The van der Waals surface area contributed by atoms with Crippen LogP contribution in [0.25, 0.3) is 0 Å². The van der Waals surface area contributed by atoms with E-state index < -0.39 is 73.4 Å². The number of carbonyl (C=O) groups excluding carboxylic acids is 2. The Balaban J connectivity index is 2.19. The van der Waals surface area contributed by atoms with Crippen LogP contribution in [0.4, 0.5) is 0 Å². The second-order valence-electron chi connectivity index (χ2n) is 5.85. The number of carboxylic acid groups (broad SMARTS) is 1. The molecule has 0 bridgehead atoms. The average Bonchev–Trinajstić information content (AvgIpc) is 2.56. The molecule has 0 radical (unpaired) electrons. The summed E-state index contributed by atoms with van der Waals surface area (Å²) in [6.07, 6.45) is -10.5. The molecule has 1 saturated heterocycles. The molecule has 2 rings (SSSR count). The monoisotopic (exact) mass is 378 g/mol. The van der Waals surface area contributed by atoms with Gasteiger partial charge in [0.1, 0.15) is 48.3 Å². The summed E-state index contributed by atoms with van der Waals surface area (Å²) in [5.74, 6) is -3.15. The molecule has 0 aromatic heterocycles. The van der Waals surface area contributed by atoms with Crippen molar-refractivity contribution in [3.8, 4) is 0 Å². The molecule has 12 heteroatoms. The van der Waals surface area contributed by atoms with Crippen molar-refractivity contribution in [2.45, 2.75) is 56.1 Å². The summed E-state index contributed by atoms with van der Waals surface area (Å²) >= 11 is 0. The zero-order chi connectivity index (χ0) is 19.6. The lowest BCUT2D eigenvalue weighted by Crippen LogP contribution is -2.65. The molecule has 8 atom stereocenters. The van der Waals surface area contributed by atoms with Crippen molar-refractivity contribution in [1.29, 1.82) is 0 Å². The fourth-order valence-corrected chi connectivity index (χ4v) is 2.67. The molecule has 6 N–H and O–H groups in total. The fourth-order valence-electron chi connectivity index (χ4n) is 2.67. The number of carboxylic acids is 1. The lowest BCUT2D eigenvalue weighted by Gasteiger charge is -2.44. The summed E-state index contributed by atoms with van der Waals surface area (Å²) in [6.45, 7) is 0.412. The number of aliphatic hydroxyl groups excluding tert-OH is 5. The van der Waals surface area contributed by atoms with E-state index in [1.807, 2.05) is 0 Å². The number of hydrogen-bond donors (Lipinski definition) is 6. The predicted octanol–water partition coefficient (Wildman–Crippen LogP) is -5.34. The maximum absolute atomic E-state index is 11.2. The predicted molar refractivity (Wildman–Crippen MR) is 76.4 cm³/mol. The van der Waals surface area contributed by atoms with Crippen molar-refractivity contribution >= 4 is 11.9 Å². The molecule has 2 aliphatic rings. The number of nitrogens with one attached hydrogen (secondary N) is 1. The van der Waals surface area contributed by atoms with Gasteiger partial charge in [-0.05, 0) is 6.08 Å². The van der Waals surface area contributed by atoms with Crippen LogP contribution in [0.1, 0.15) is 6.92 Å². The molecule has 0 aromatic rings. The van der Waals surface area contributed by atoms with Crippen molar-refractivity contribution in [3.05, 3.63) is 11.8 Å². The second kappa shape index (κ2) is 8.26. The highest BCUT2D eigenvalue weighted by molar-refractivity contribution is 5.82. The van der Waals surface area contributed by atoms with Crippen LogP contribution in [0, 0.1) is 0 Å². The first-order valence-corrected chi connectivity index (χ1v) is 7.66. The van der Waals surface area contributed by atoms with Gasteiger partial charge < -0.3 is 55.0 Å². The quantitative estimate of drug-likeness (QED) is 0.267. The van der Waals surface area contributed by atoms with Gasteiger partial charge in [-0.3, -0.25) is 4.79 Å². The van der Waals surface area contributed by atoms with E-state index in [0.29, 0.717) is 6.08 Å². The summed E-state index contributed by atoms with van der Waals surface area (Å²) in [5, 5.41) is 62.3. The van der Waals surface area contributed by atoms with Gasteiger partial charge in [-0.25, -0.2) is 0 Å². The standard InChI is InChI=1S/C14H21NO11/c1-4(17)15-8-10(20)11(7(3-16)24-13(8)23)26-14-9(19)5(18)2-6(25-14)12(21)22/h2,5,7-11,13-14,16,18-20,23H,3H2,1H3,(H,15,17)(H,21,22)/p-1/t5-,7+,8+,9+,10+,11+,13?,14-/m0/s1. The highest BCUT2D eigenvalue weighted by atomic mass is 16.7. The van der Waals surface area contributed by atoms with Gasteiger partial charge in [-0.2, -0.15) is 0 Å². The minimum atomic E-state index is -1.77. The Morgan fingerprint density at radius 1 is 1.27 bits per heavy atom. The molecule has 12 nitrogen and oxygen atoms in total. The fraction of sp³-hybridized carbons (Fsp3) is 0.714. The van der Waals surface area contributed by atoms with Crippen LogP contribution in [0.5, 0.6) is 0 Å². The van der Waals surface area contributed by atoms with Gasteiger partial charge in [0.15, 0.2) is 6.29 Å². The summed E-state index contributed by atoms with van der Waals surface area (Å²) in [7, 11) is 0. The molecule has 1 fully saturated rings. The first-order valence-electron chi connectivity index (χ1n) is 7.66. The largest absolute Gasteiger partial charge is 0.542 e. The Kier molecular flexibility index (Phi) is 6.52. The van der Waals surface area contributed by atoms with Crippen LogP contribution in [-0.2, 0) is 23.8 Å². The van der Waals surface area contributed by atoms with Crippen LogP contribution in [0.3, 0.4) is 0 Å². The number of aliphatic hydroxyl groups is 5. The number of carbonyl (C=O) groups is 2. The number of ether oxygens (including phenoxy) is 3. The second-order valence-corrected chi connectivity index (χ2v) is 5.85. The molecule has 2 aliphatic heterocycles. The number of aliphatic carboxylic acids is 1. The topological polar surface area (TPSA) is 198 Å². The molecule has 1 amide bonds. The minimum absolute atomic E-state index is 0.593. The van der Waals surface area contributed by atoms with Gasteiger partial charge in [-0.1, -0.05) is 0 Å². The van der Waals surface area contributed by atoms with Crippen molar-refractivity contribution < 1.29 is 54.4 Å². The number of amides is 1. The maximum atomic E-state index is 11.2. The van der Waals surface area contributed by atoms with Crippen molar-refractivity contribution in [2.24, 2.45) is 0 Å². The molecule has 0 aromatic carbocycles. The van der Waals surface area contributed by atoms with E-state index in [-0.39, 0.29) is 0 Å². The smallest absolute Gasteiger partial charge is 0.229 e. The van der Waals surface area contributed by atoms with Crippen molar-refractivity contribution in [3.63, 3.8) is 0 Å². The van der Waals surface area contributed by atoms with E-state index in [4.69, 9.17) is 14.2 Å². The van der Waals surface area contributed by atoms with Crippen molar-refractivity contribution in [1.82, 2.24) is 5.32 Å². The Morgan fingerprint density at radius 3 is 2.46 bits per heavy atom. The molecular formula is C14H20NO11-. The van der Waals surface area contributed by atoms with Gasteiger partial charge in [0.2, 0.25) is 12.2 Å². The molecule has 2 heterocycles.